The minimum atomic E-state index is -1.96. The largest absolute Gasteiger partial charge is 0.481 e. The summed E-state index contributed by atoms with van der Waals surface area (Å²) in [6.07, 6.45) is -1.18. The van der Waals surface area contributed by atoms with Gasteiger partial charge in [0.2, 0.25) is 82.7 Å². The van der Waals surface area contributed by atoms with E-state index in [9.17, 15) is 63.3 Å². The molecule has 0 aromatic heterocycles. The van der Waals surface area contributed by atoms with E-state index in [2.05, 4.69) is 63.5 Å². The van der Waals surface area contributed by atoms with Gasteiger partial charge in [0.05, 0.1) is 31.4 Å². The number of fused-ring (bicyclic) bond motifs is 8. The van der Waals surface area contributed by atoms with Crippen LogP contribution in [0, 0.1) is 11.8 Å². The second kappa shape index (κ2) is 41.8. The maximum Gasteiger partial charge on any atom is 0.305 e. The second-order valence-corrected chi connectivity index (χ2v) is 30.5. The SMILES string of the molecule is CC[C@H](C)[C@@H]1NC(=O)[C@@H]2CCCN2C(=O)[C@@H]2CCCN2C(=O)[C@H]([C@@H](C)CC)NC(=O)[C@H](CO)NC(=O)[C@H](CCCCN)NC(=O)[C@H]([C@@H](C)O)NC(=O)[C@@H]2CSSC[C@H](NC1=O)C(=O)N[C@@H](Cc1ccccc1)C(=O)N1CCC[C@@H]1C(=O)N[C@@H](CC(=O)O)C(=O)NCC(=O)N[C@@H](Cc1ccc(N=C(N)N)cc1)C(=O)N2. The highest BCUT2D eigenvalue weighted by Gasteiger charge is 2.47. The van der Waals surface area contributed by atoms with Gasteiger partial charge in [-0.15, -0.1) is 0 Å². The van der Waals surface area contributed by atoms with E-state index >= 15 is 24.0 Å². The van der Waals surface area contributed by atoms with E-state index in [1.54, 1.807) is 58.0 Å². The summed E-state index contributed by atoms with van der Waals surface area (Å²) < 4.78 is 0. The first-order valence-corrected chi connectivity index (χ1v) is 39.4. The number of benzene rings is 2. The number of aliphatic carboxylic acids is 1. The Morgan fingerprint density at radius 3 is 1.57 bits per heavy atom. The highest BCUT2D eigenvalue weighted by molar-refractivity contribution is 8.76. The predicted molar refractivity (Wildman–Crippen MR) is 400 cm³/mol. The number of carbonyl (C=O) groups excluding carboxylic acids is 14. The molecule has 0 spiro atoms. The smallest absolute Gasteiger partial charge is 0.305 e. The Morgan fingerprint density at radius 2 is 0.991 bits per heavy atom. The minimum absolute atomic E-state index is 0.0154. The van der Waals surface area contributed by atoms with Crippen molar-refractivity contribution in [2.24, 2.45) is 34.0 Å². The number of hydrogen-bond acceptors (Lipinski definition) is 21. The molecule has 5 heterocycles. The minimum Gasteiger partial charge on any atom is -0.481 e. The third kappa shape index (κ3) is 24.4. The summed E-state index contributed by atoms with van der Waals surface area (Å²) in [5.41, 5.74) is 18.2. The number of carboxylic acids is 1. The molecule has 2 bridgehead atoms. The first kappa shape index (κ1) is 86.6. The molecule has 0 radical (unpaired) electrons. The zero-order valence-electron chi connectivity index (χ0n) is 61.8. The van der Waals surface area contributed by atoms with Gasteiger partial charge in [-0.25, -0.2) is 4.99 Å². The Morgan fingerprint density at radius 1 is 0.514 bits per heavy atom. The third-order valence-electron chi connectivity index (χ3n) is 20.0. The lowest BCUT2D eigenvalue weighted by molar-refractivity contribution is -0.149. The van der Waals surface area contributed by atoms with Gasteiger partial charge >= 0.3 is 5.97 Å². The molecule has 36 nitrogen and oxygen atoms in total. The molecule has 7 rings (SSSR count). The highest BCUT2D eigenvalue weighted by Crippen LogP contribution is 2.29. The number of nitrogens with two attached hydrogens (primary N) is 3. The molecular formula is C71H104N18O18S2. The molecule has 109 heavy (non-hydrogen) atoms. The molecule has 16 atom stereocenters. The van der Waals surface area contributed by atoms with E-state index in [1.807, 2.05) is 0 Å². The topological polar surface area (TPSA) is 549 Å². The number of carboxylic acid groups (broad SMARTS) is 1. The van der Waals surface area contributed by atoms with Gasteiger partial charge in [-0.3, -0.25) is 71.9 Å². The van der Waals surface area contributed by atoms with E-state index in [1.165, 1.54) is 39.0 Å². The zero-order chi connectivity index (χ0) is 79.8. The molecule has 14 amide bonds. The molecule has 5 aliphatic heterocycles. The van der Waals surface area contributed by atoms with E-state index in [-0.39, 0.29) is 95.6 Å². The molecule has 598 valence electrons. The fourth-order valence-corrected chi connectivity index (χ4v) is 15.8. The highest BCUT2D eigenvalue weighted by atomic mass is 33.1. The first-order valence-electron chi connectivity index (χ1n) is 36.9. The van der Waals surface area contributed by atoms with E-state index in [0.717, 1.165) is 28.5 Å². The Kier molecular flexibility index (Phi) is 33.2. The summed E-state index contributed by atoms with van der Waals surface area (Å²) in [6.45, 7) is 6.28. The number of rotatable bonds is 17. The fraction of sp³-hybridized carbons (Fsp3) is 0.606. The van der Waals surface area contributed by atoms with Crippen LogP contribution in [0.3, 0.4) is 0 Å². The average molecular weight is 1560 g/mol. The van der Waals surface area contributed by atoms with Crippen LogP contribution in [-0.4, -0.2) is 260 Å². The molecule has 0 saturated carbocycles. The van der Waals surface area contributed by atoms with Crippen LogP contribution >= 0.6 is 21.6 Å². The summed E-state index contributed by atoms with van der Waals surface area (Å²) in [7, 11) is 1.69. The Hall–Kier alpha value is -9.66. The number of hydrogen-bond donors (Lipinski definition) is 17. The van der Waals surface area contributed by atoms with Crippen LogP contribution < -0.4 is 75.7 Å². The number of aliphatic hydroxyl groups is 2. The number of nitrogens with one attached hydrogen (secondary N) is 11. The van der Waals surface area contributed by atoms with E-state index < -0.39 is 216 Å². The van der Waals surface area contributed by atoms with Crippen molar-refractivity contribution in [2.45, 2.75) is 209 Å². The summed E-state index contributed by atoms with van der Waals surface area (Å²) in [5, 5.41) is 60.5. The van der Waals surface area contributed by atoms with Gasteiger partial charge in [0.15, 0.2) is 5.96 Å². The van der Waals surface area contributed by atoms with Crippen molar-refractivity contribution in [3.63, 3.8) is 0 Å². The Labute approximate surface area is 639 Å². The average Bonchev–Trinajstić information content (AvgIpc) is 1.70. The number of aliphatic imine (C=N–C) groups is 1. The molecule has 5 aliphatic rings. The molecular weight excluding hydrogens is 1460 g/mol. The molecule has 38 heteroatoms. The second-order valence-electron chi connectivity index (χ2n) is 28.0. The maximum absolute atomic E-state index is 15.4. The van der Waals surface area contributed by atoms with Crippen LogP contribution in [0.25, 0.3) is 0 Å². The van der Waals surface area contributed by atoms with Crippen LogP contribution in [0.1, 0.15) is 123 Å². The van der Waals surface area contributed by atoms with Crippen LogP contribution in [0.2, 0.25) is 0 Å². The van der Waals surface area contributed by atoms with Crippen molar-refractivity contribution in [2.75, 3.05) is 50.8 Å². The molecule has 2 aromatic carbocycles. The molecule has 5 saturated heterocycles. The number of carbonyl (C=O) groups is 15. The van der Waals surface area contributed by atoms with Crippen molar-refractivity contribution in [3.05, 3.63) is 65.7 Å². The van der Waals surface area contributed by atoms with Gasteiger partial charge in [-0.1, -0.05) is 105 Å². The van der Waals surface area contributed by atoms with Crippen molar-refractivity contribution in [3.8, 4) is 0 Å². The summed E-state index contributed by atoms with van der Waals surface area (Å²) in [6, 6.07) is -5.74. The number of aliphatic hydroxyl groups excluding tert-OH is 2. The summed E-state index contributed by atoms with van der Waals surface area (Å²) in [4.78, 5) is 227. The Bertz CT molecular complexity index is 3630. The predicted octanol–water partition coefficient (Wildman–Crippen LogP) is -4.21. The fourth-order valence-electron chi connectivity index (χ4n) is 13.4. The van der Waals surface area contributed by atoms with Gasteiger partial charge in [-0.2, -0.15) is 0 Å². The zero-order valence-corrected chi connectivity index (χ0v) is 63.4. The maximum atomic E-state index is 15.4. The van der Waals surface area contributed by atoms with E-state index in [4.69, 9.17) is 17.2 Å². The molecule has 20 N–H and O–H groups in total. The summed E-state index contributed by atoms with van der Waals surface area (Å²) in [5.74, 6) is -17.3. The quantitative estimate of drug-likeness (QED) is 0.0309. The van der Waals surface area contributed by atoms with Crippen molar-refractivity contribution in [1.29, 1.82) is 0 Å². The number of unbranched alkanes of at least 4 members (excludes halogenated alkanes) is 1. The number of nitrogens with zero attached hydrogens (tertiary/aromatic N) is 4. The van der Waals surface area contributed by atoms with Gasteiger partial charge < -0.3 is 106 Å². The van der Waals surface area contributed by atoms with Gasteiger partial charge in [-0.05, 0) is 106 Å². The lowest BCUT2D eigenvalue weighted by atomic mass is 9.96. The monoisotopic (exact) mass is 1560 g/mol. The first-order chi connectivity index (χ1) is 52.0. The molecule has 0 aliphatic carbocycles. The van der Waals surface area contributed by atoms with Gasteiger partial charge in [0.25, 0.3) is 0 Å². The van der Waals surface area contributed by atoms with Gasteiger partial charge in [0, 0.05) is 44.0 Å². The van der Waals surface area contributed by atoms with Crippen LogP contribution in [0.4, 0.5) is 5.69 Å². The summed E-state index contributed by atoms with van der Waals surface area (Å²) >= 11 is 0. The van der Waals surface area contributed by atoms with Crippen molar-refractivity contribution < 1.29 is 87.2 Å². The Balaban J connectivity index is 1.37. The third-order valence-corrected chi connectivity index (χ3v) is 22.4. The lowest BCUT2D eigenvalue weighted by Crippen LogP contribution is -2.63. The van der Waals surface area contributed by atoms with Crippen LogP contribution in [-0.2, 0) is 84.8 Å². The van der Waals surface area contributed by atoms with Crippen LogP contribution in [0.5, 0.6) is 0 Å². The van der Waals surface area contributed by atoms with Crippen molar-refractivity contribution in [1.82, 2.24) is 73.2 Å². The van der Waals surface area contributed by atoms with Gasteiger partial charge in [0.1, 0.15) is 78.5 Å². The van der Waals surface area contributed by atoms with Crippen molar-refractivity contribution >= 4 is 122 Å². The van der Waals surface area contributed by atoms with Crippen LogP contribution in [0.15, 0.2) is 59.6 Å². The molecule has 5 fully saturated rings. The lowest BCUT2D eigenvalue weighted by Gasteiger charge is -2.35. The standard InChI is InChI=1S/C71H104N18O18S2/c1-6-37(3)55-66(103)83-48-35-108-109-36-49(63(100)86-57(39(5)91)67(104)78-43(18-11-12-26-72)59(96)81-47(34-90)61(98)85-56(38(4)7-2)70(107)89-29-15-21-52(89)69(106)88-28-14-20-51(88)65(102)84-55)82-60(97)44(30-41-22-24-42(25-23-41)76-71(73)74)77-53(92)33-75-58(95)45(32-54(93)94)79-64(101)50-19-13-27-87(50)68(105)46(80-62(48)99)31-40-16-9-8-10-17-40/h8-10,16-17,22-25,37-39,43-52,55-57,90-91H,6-7,11-15,18-21,26-36,72H2,1-5H3,(H,75,95)(H,77,92)(H,78,104)(H,79,101)(H,80,99)(H,81,96)(H,82,97)(H,83,103)(H,84,102)(H,85,98)(H,86,100)(H,93,94)(H4,73,74,76)/t37-,38-,39+,43-,44-,45-,46-,47-,48-,49-,50+,51-,52-,55-,56-,57-/m0/s1. The molecule has 0 unspecified atom stereocenters. The number of guanidine groups is 1. The normalized spacial score (nSPS) is 27.9. The molecule has 2 aromatic rings. The number of amides is 14. The van der Waals surface area contributed by atoms with E-state index in [0.29, 0.717) is 36.8 Å².